The van der Waals surface area contributed by atoms with Crippen molar-refractivity contribution in [2.24, 2.45) is 0 Å². The van der Waals surface area contributed by atoms with Gasteiger partial charge in [0.1, 0.15) is 11.6 Å². The van der Waals surface area contributed by atoms with Crippen molar-refractivity contribution in [3.63, 3.8) is 0 Å². The first-order valence-corrected chi connectivity index (χ1v) is 12.1. The number of amides is 1. The summed E-state index contributed by atoms with van der Waals surface area (Å²) >= 11 is 2.72. The molecule has 0 aliphatic heterocycles. The molecule has 9 heteroatoms. The van der Waals surface area contributed by atoms with Crippen molar-refractivity contribution in [2.75, 3.05) is 11.1 Å². The van der Waals surface area contributed by atoms with Crippen molar-refractivity contribution in [2.45, 2.75) is 30.5 Å². The first kappa shape index (κ1) is 20.8. The van der Waals surface area contributed by atoms with Crippen LogP contribution in [0.2, 0.25) is 0 Å². The van der Waals surface area contributed by atoms with Gasteiger partial charge in [-0.3, -0.25) is 4.79 Å². The Hall–Kier alpha value is -3.04. The lowest BCUT2D eigenvalue weighted by atomic mass is 10.2. The van der Waals surface area contributed by atoms with Gasteiger partial charge in [0.05, 0.1) is 18.0 Å². The SMILES string of the molecule is O=C(CSc1nnc(C2CC2)n1Cc1ccccc1)Nc1nc(-c2ccc(F)cc2)cs1. The smallest absolute Gasteiger partial charge is 0.236 e. The summed E-state index contributed by atoms with van der Waals surface area (Å²) in [6, 6.07) is 16.3. The number of hydrogen-bond donors (Lipinski definition) is 1. The molecule has 162 valence electrons. The van der Waals surface area contributed by atoms with Crippen LogP contribution in [0.4, 0.5) is 9.52 Å². The highest BCUT2D eigenvalue weighted by Gasteiger charge is 2.30. The summed E-state index contributed by atoms with van der Waals surface area (Å²) in [5, 5.41) is 14.7. The van der Waals surface area contributed by atoms with Gasteiger partial charge in [0.15, 0.2) is 10.3 Å². The molecule has 0 bridgehead atoms. The maximum absolute atomic E-state index is 13.1. The standard InChI is InChI=1S/C23H20FN5OS2/c24-18-10-8-16(9-11-18)19-13-31-22(25-19)26-20(30)14-32-23-28-27-21(17-6-7-17)29(23)12-15-4-2-1-3-5-15/h1-5,8-11,13,17H,6-7,12,14H2,(H,25,26,30). The maximum atomic E-state index is 13.1. The average molecular weight is 466 g/mol. The van der Waals surface area contributed by atoms with Crippen LogP contribution in [0.5, 0.6) is 0 Å². The van der Waals surface area contributed by atoms with E-state index in [1.54, 1.807) is 12.1 Å². The number of halogens is 1. The zero-order valence-corrected chi connectivity index (χ0v) is 18.7. The molecule has 1 amide bonds. The zero-order valence-electron chi connectivity index (χ0n) is 17.1. The molecule has 32 heavy (non-hydrogen) atoms. The lowest BCUT2D eigenvalue weighted by molar-refractivity contribution is -0.113. The predicted octanol–water partition coefficient (Wildman–Crippen LogP) is 5.20. The van der Waals surface area contributed by atoms with Crippen molar-refractivity contribution >= 4 is 34.1 Å². The molecule has 1 N–H and O–H groups in total. The Morgan fingerprint density at radius 3 is 2.66 bits per heavy atom. The van der Waals surface area contributed by atoms with Crippen molar-refractivity contribution in [3.05, 3.63) is 77.2 Å². The normalized spacial score (nSPS) is 13.3. The van der Waals surface area contributed by atoms with Gasteiger partial charge in [-0.25, -0.2) is 9.37 Å². The molecule has 4 aromatic rings. The molecule has 0 spiro atoms. The number of carbonyl (C=O) groups is 1. The number of carbonyl (C=O) groups excluding carboxylic acids is 1. The molecule has 5 rings (SSSR count). The number of nitrogens with one attached hydrogen (secondary N) is 1. The van der Waals surface area contributed by atoms with Crippen LogP contribution in [-0.2, 0) is 11.3 Å². The average Bonchev–Trinajstić information content (AvgIpc) is 3.42. The largest absolute Gasteiger partial charge is 0.301 e. The minimum atomic E-state index is -0.292. The van der Waals surface area contributed by atoms with Crippen LogP contribution < -0.4 is 5.32 Å². The summed E-state index contributed by atoms with van der Waals surface area (Å²) in [5.41, 5.74) is 2.69. The van der Waals surface area contributed by atoms with Gasteiger partial charge in [0, 0.05) is 16.9 Å². The van der Waals surface area contributed by atoms with Gasteiger partial charge < -0.3 is 9.88 Å². The third kappa shape index (κ3) is 4.89. The quantitative estimate of drug-likeness (QED) is 0.362. The number of rotatable bonds is 8. The highest BCUT2D eigenvalue weighted by Crippen LogP contribution is 2.40. The number of benzene rings is 2. The Kier molecular flexibility index (Phi) is 6.00. The van der Waals surface area contributed by atoms with Gasteiger partial charge in [-0.2, -0.15) is 0 Å². The number of thioether (sulfide) groups is 1. The van der Waals surface area contributed by atoms with E-state index in [1.807, 2.05) is 23.6 Å². The van der Waals surface area contributed by atoms with E-state index in [1.165, 1.54) is 40.8 Å². The summed E-state index contributed by atoms with van der Waals surface area (Å²) in [6.45, 7) is 0.692. The van der Waals surface area contributed by atoms with Gasteiger partial charge in [-0.15, -0.1) is 21.5 Å². The summed E-state index contributed by atoms with van der Waals surface area (Å²) in [5.74, 6) is 1.23. The van der Waals surface area contributed by atoms with Crippen LogP contribution in [-0.4, -0.2) is 31.4 Å². The summed E-state index contributed by atoms with van der Waals surface area (Å²) in [7, 11) is 0. The fourth-order valence-corrected chi connectivity index (χ4v) is 4.82. The van der Waals surface area contributed by atoms with Gasteiger partial charge in [0.2, 0.25) is 5.91 Å². The first-order valence-electron chi connectivity index (χ1n) is 10.3. The first-order chi connectivity index (χ1) is 15.7. The number of aromatic nitrogens is 4. The highest BCUT2D eigenvalue weighted by atomic mass is 32.2. The van der Waals surface area contributed by atoms with E-state index in [9.17, 15) is 9.18 Å². The van der Waals surface area contributed by atoms with E-state index in [-0.39, 0.29) is 17.5 Å². The Bertz CT molecular complexity index is 1220. The molecule has 6 nitrogen and oxygen atoms in total. The predicted molar refractivity (Wildman–Crippen MR) is 124 cm³/mol. The van der Waals surface area contributed by atoms with Crippen molar-refractivity contribution in [1.82, 2.24) is 19.7 Å². The van der Waals surface area contributed by atoms with Gasteiger partial charge in [-0.1, -0.05) is 42.1 Å². The summed E-state index contributed by atoms with van der Waals surface area (Å²) in [4.78, 5) is 17.0. The maximum Gasteiger partial charge on any atom is 0.236 e. The lowest BCUT2D eigenvalue weighted by Gasteiger charge is -2.10. The van der Waals surface area contributed by atoms with Gasteiger partial charge >= 0.3 is 0 Å². The molecule has 1 aliphatic rings. The molecule has 2 heterocycles. The second kappa shape index (κ2) is 9.22. The topological polar surface area (TPSA) is 72.7 Å². The van der Waals surface area contributed by atoms with Crippen molar-refractivity contribution < 1.29 is 9.18 Å². The minimum absolute atomic E-state index is 0.155. The molecule has 0 radical (unpaired) electrons. The zero-order chi connectivity index (χ0) is 21.9. The molecule has 1 aliphatic carbocycles. The van der Waals surface area contributed by atoms with Gasteiger partial charge in [0.25, 0.3) is 0 Å². The van der Waals surface area contributed by atoms with Crippen molar-refractivity contribution in [3.8, 4) is 11.3 Å². The van der Waals surface area contributed by atoms with E-state index in [4.69, 9.17) is 0 Å². The molecule has 0 saturated heterocycles. The molecule has 1 saturated carbocycles. The molecular formula is C23H20FN5OS2. The number of nitrogens with zero attached hydrogens (tertiary/aromatic N) is 4. The van der Waals surface area contributed by atoms with E-state index < -0.39 is 0 Å². The van der Waals surface area contributed by atoms with Gasteiger partial charge in [-0.05, 0) is 42.7 Å². The van der Waals surface area contributed by atoms with Crippen LogP contribution in [0.15, 0.2) is 65.1 Å². The van der Waals surface area contributed by atoms with Crippen LogP contribution in [0.3, 0.4) is 0 Å². The Balaban J connectivity index is 1.23. The number of hydrogen-bond acceptors (Lipinski definition) is 6. The summed E-state index contributed by atoms with van der Waals surface area (Å²) < 4.78 is 15.2. The second-order valence-electron chi connectivity index (χ2n) is 7.57. The number of thiazole rings is 1. The van der Waals surface area contributed by atoms with Crippen LogP contribution in [0.25, 0.3) is 11.3 Å². The number of anilines is 1. The molecular weight excluding hydrogens is 445 g/mol. The Labute approximate surface area is 192 Å². The second-order valence-corrected chi connectivity index (χ2v) is 9.37. The molecule has 2 aromatic heterocycles. The molecule has 0 atom stereocenters. The molecule has 0 unspecified atom stereocenters. The Morgan fingerprint density at radius 1 is 1.12 bits per heavy atom. The fraction of sp³-hybridized carbons (Fsp3) is 0.217. The highest BCUT2D eigenvalue weighted by molar-refractivity contribution is 7.99. The molecule has 1 fully saturated rings. The lowest BCUT2D eigenvalue weighted by Crippen LogP contribution is -2.15. The van der Waals surface area contributed by atoms with E-state index in [0.717, 1.165) is 29.4 Å². The Morgan fingerprint density at radius 2 is 1.91 bits per heavy atom. The van der Waals surface area contributed by atoms with E-state index in [0.29, 0.717) is 23.3 Å². The van der Waals surface area contributed by atoms with E-state index in [2.05, 4.69) is 37.2 Å². The third-order valence-corrected chi connectivity index (χ3v) is 6.82. The van der Waals surface area contributed by atoms with Crippen LogP contribution in [0.1, 0.15) is 30.1 Å². The summed E-state index contributed by atoms with van der Waals surface area (Å²) in [6.07, 6.45) is 2.27. The van der Waals surface area contributed by atoms with E-state index >= 15 is 0 Å². The monoisotopic (exact) mass is 465 g/mol. The molecule has 2 aromatic carbocycles. The fourth-order valence-electron chi connectivity index (χ4n) is 3.33. The van der Waals surface area contributed by atoms with Crippen molar-refractivity contribution in [1.29, 1.82) is 0 Å². The minimum Gasteiger partial charge on any atom is -0.301 e. The van der Waals surface area contributed by atoms with Crippen LogP contribution >= 0.6 is 23.1 Å². The third-order valence-electron chi connectivity index (χ3n) is 5.09. The van der Waals surface area contributed by atoms with Crippen LogP contribution in [0, 0.1) is 5.82 Å².